The van der Waals surface area contributed by atoms with E-state index in [0.717, 1.165) is 29.0 Å². The predicted molar refractivity (Wildman–Crippen MR) is 73.2 cm³/mol. The summed E-state index contributed by atoms with van der Waals surface area (Å²) in [6.45, 7) is 3.12. The third kappa shape index (κ3) is 2.83. The number of nitrogens with one attached hydrogen (secondary N) is 2. The summed E-state index contributed by atoms with van der Waals surface area (Å²) in [5.74, 6) is 6.67. The van der Waals surface area contributed by atoms with Gasteiger partial charge in [0.2, 0.25) is 5.95 Å². The molecule has 4 N–H and O–H groups in total. The number of hydrazine groups is 1. The lowest BCUT2D eigenvalue weighted by atomic mass is 10.2. The van der Waals surface area contributed by atoms with Gasteiger partial charge in [-0.2, -0.15) is 4.98 Å². The number of thiophene rings is 1. The van der Waals surface area contributed by atoms with Crippen LogP contribution >= 0.6 is 11.3 Å². The molecule has 92 valence electrons. The third-order valence-corrected chi connectivity index (χ3v) is 3.33. The highest BCUT2D eigenvalue weighted by atomic mass is 32.1. The Bertz CT molecular complexity index is 482. The molecule has 0 unspecified atom stereocenters. The molecule has 0 radical (unpaired) electrons. The number of anilines is 2. The molecule has 2 aromatic heterocycles. The number of hydrogen-bond acceptors (Lipinski definition) is 6. The third-order valence-electron chi connectivity index (χ3n) is 2.53. The second-order valence-electron chi connectivity index (χ2n) is 3.81. The molecule has 0 bridgehead atoms. The van der Waals surface area contributed by atoms with Gasteiger partial charge in [0, 0.05) is 6.54 Å². The van der Waals surface area contributed by atoms with Gasteiger partial charge in [-0.25, -0.2) is 10.8 Å². The van der Waals surface area contributed by atoms with Crippen LogP contribution in [0.15, 0.2) is 11.4 Å². The minimum atomic E-state index is 0.456. The van der Waals surface area contributed by atoms with E-state index in [9.17, 15) is 0 Å². The monoisotopic (exact) mass is 251 g/mol. The summed E-state index contributed by atoms with van der Waals surface area (Å²) in [6.07, 6.45) is 3.60. The highest BCUT2D eigenvalue weighted by Gasteiger charge is 2.07. The molecule has 0 aliphatic rings. The number of nitrogens with zero attached hydrogens (tertiary/aromatic N) is 2. The van der Waals surface area contributed by atoms with Crippen LogP contribution in [0, 0.1) is 0 Å². The van der Waals surface area contributed by atoms with Crippen molar-refractivity contribution in [2.24, 2.45) is 5.84 Å². The summed E-state index contributed by atoms with van der Waals surface area (Å²) >= 11 is 1.59. The normalized spacial score (nSPS) is 10.7. The Morgan fingerprint density at radius 1 is 1.35 bits per heavy atom. The minimum Gasteiger partial charge on any atom is -0.369 e. The highest BCUT2D eigenvalue weighted by Crippen LogP contribution is 2.26. The van der Waals surface area contributed by atoms with Gasteiger partial charge in [0.25, 0.3) is 0 Å². The fourth-order valence-corrected chi connectivity index (χ4v) is 2.40. The van der Waals surface area contributed by atoms with E-state index in [0.29, 0.717) is 5.95 Å². The maximum Gasteiger partial charge on any atom is 0.240 e. The fourth-order valence-electron chi connectivity index (χ4n) is 1.64. The Morgan fingerprint density at radius 3 is 3.00 bits per heavy atom. The second-order valence-corrected chi connectivity index (χ2v) is 4.71. The van der Waals surface area contributed by atoms with Crippen LogP contribution in [-0.4, -0.2) is 16.5 Å². The Balaban J connectivity index is 2.16. The Labute approximate surface area is 104 Å². The molecular formula is C11H17N5S. The summed E-state index contributed by atoms with van der Waals surface area (Å²) in [5.41, 5.74) is 2.50. The number of unbranched alkanes of at least 4 members (excludes halogenated alkanes) is 2. The first-order valence-electron chi connectivity index (χ1n) is 5.81. The van der Waals surface area contributed by atoms with E-state index in [4.69, 9.17) is 5.84 Å². The van der Waals surface area contributed by atoms with E-state index >= 15 is 0 Å². The lowest BCUT2D eigenvalue weighted by Crippen LogP contribution is -2.12. The van der Waals surface area contributed by atoms with Crippen LogP contribution in [0.1, 0.15) is 26.2 Å². The van der Waals surface area contributed by atoms with Crippen LogP contribution in [0.25, 0.3) is 10.2 Å². The zero-order valence-corrected chi connectivity index (χ0v) is 10.7. The Hall–Kier alpha value is -1.40. The maximum absolute atomic E-state index is 5.36. The van der Waals surface area contributed by atoms with Gasteiger partial charge in [-0.15, -0.1) is 11.3 Å². The SMILES string of the molecule is CCCCCNc1nc(NN)nc2sccc12. The van der Waals surface area contributed by atoms with Crippen molar-refractivity contribution in [1.29, 1.82) is 0 Å². The van der Waals surface area contributed by atoms with E-state index in [1.807, 2.05) is 11.4 Å². The van der Waals surface area contributed by atoms with Crippen LogP contribution in [0.5, 0.6) is 0 Å². The lowest BCUT2D eigenvalue weighted by Gasteiger charge is -2.07. The molecule has 0 saturated carbocycles. The predicted octanol–water partition coefficient (Wildman–Crippen LogP) is 2.58. The maximum atomic E-state index is 5.36. The average Bonchev–Trinajstić information content (AvgIpc) is 2.82. The molecule has 0 atom stereocenters. The van der Waals surface area contributed by atoms with Gasteiger partial charge in [0.15, 0.2) is 0 Å². The molecule has 0 spiro atoms. The molecule has 0 aliphatic carbocycles. The summed E-state index contributed by atoms with van der Waals surface area (Å²) in [6, 6.07) is 2.03. The van der Waals surface area contributed by atoms with Gasteiger partial charge in [0.05, 0.1) is 5.39 Å². The number of nitrogens with two attached hydrogens (primary N) is 1. The van der Waals surface area contributed by atoms with Crippen molar-refractivity contribution in [2.45, 2.75) is 26.2 Å². The smallest absolute Gasteiger partial charge is 0.240 e. The highest BCUT2D eigenvalue weighted by molar-refractivity contribution is 7.16. The summed E-state index contributed by atoms with van der Waals surface area (Å²) in [7, 11) is 0. The van der Waals surface area contributed by atoms with Crippen LogP contribution in [0.4, 0.5) is 11.8 Å². The van der Waals surface area contributed by atoms with Crippen molar-refractivity contribution in [3.63, 3.8) is 0 Å². The Morgan fingerprint density at radius 2 is 2.24 bits per heavy atom. The van der Waals surface area contributed by atoms with Gasteiger partial charge in [-0.3, -0.25) is 5.43 Å². The van der Waals surface area contributed by atoms with Crippen LogP contribution in [0.3, 0.4) is 0 Å². The second kappa shape index (κ2) is 5.79. The van der Waals surface area contributed by atoms with Gasteiger partial charge in [-0.05, 0) is 17.9 Å². The van der Waals surface area contributed by atoms with Crippen LogP contribution < -0.4 is 16.6 Å². The first-order valence-corrected chi connectivity index (χ1v) is 6.69. The van der Waals surface area contributed by atoms with Crippen molar-refractivity contribution in [3.8, 4) is 0 Å². The molecule has 17 heavy (non-hydrogen) atoms. The van der Waals surface area contributed by atoms with E-state index < -0.39 is 0 Å². The zero-order valence-electron chi connectivity index (χ0n) is 9.86. The molecule has 0 aliphatic heterocycles. The fraction of sp³-hybridized carbons (Fsp3) is 0.455. The number of aromatic nitrogens is 2. The number of fused-ring (bicyclic) bond motifs is 1. The summed E-state index contributed by atoms with van der Waals surface area (Å²) in [4.78, 5) is 9.58. The molecule has 5 nitrogen and oxygen atoms in total. The van der Waals surface area contributed by atoms with E-state index in [1.54, 1.807) is 11.3 Å². The van der Waals surface area contributed by atoms with Crippen LogP contribution in [-0.2, 0) is 0 Å². The van der Waals surface area contributed by atoms with Crippen molar-refractivity contribution in [1.82, 2.24) is 9.97 Å². The lowest BCUT2D eigenvalue weighted by molar-refractivity contribution is 0.742. The molecule has 0 aromatic carbocycles. The van der Waals surface area contributed by atoms with Crippen molar-refractivity contribution in [2.75, 3.05) is 17.3 Å². The molecule has 2 heterocycles. The van der Waals surface area contributed by atoms with Crippen molar-refractivity contribution < 1.29 is 0 Å². The number of nitrogen functional groups attached to an aromatic ring is 1. The first kappa shape index (κ1) is 12.1. The molecule has 2 aromatic rings. The molecule has 0 fully saturated rings. The van der Waals surface area contributed by atoms with Crippen LogP contribution in [0.2, 0.25) is 0 Å². The van der Waals surface area contributed by atoms with E-state index in [-0.39, 0.29) is 0 Å². The van der Waals surface area contributed by atoms with Gasteiger partial charge >= 0.3 is 0 Å². The Kier molecular flexibility index (Phi) is 4.11. The summed E-state index contributed by atoms with van der Waals surface area (Å²) in [5, 5.41) is 6.41. The van der Waals surface area contributed by atoms with Crippen molar-refractivity contribution >= 4 is 33.3 Å². The molecular weight excluding hydrogens is 234 g/mol. The summed E-state index contributed by atoms with van der Waals surface area (Å²) < 4.78 is 0. The zero-order chi connectivity index (χ0) is 12.1. The molecule has 2 rings (SSSR count). The standard InChI is InChI=1S/C11H17N5S/c1-2-3-4-6-13-9-8-5-7-17-10(8)15-11(14-9)16-12/h5,7H,2-4,6,12H2,1H3,(H2,13,14,15,16). The van der Waals surface area contributed by atoms with Gasteiger partial charge in [-0.1, -0.05) is 19.8 Å². The number of rotatable bonds is 6. The van der Waals surface area contributed by atoms with E-state index in [2.05, 4.69) is 27.6 Å². The molecule has 6 heteroatoms. The molecule has 0 amide bonds. The minimum absolute atomic E-state index is 0.456. The largest absolute Gasteiger partial charge is 0.369 e. The van der Waals surface area contributed by atoms with Crippen molar-refractivity contribution in [3.05, 3.63) is 11.4 Å². The average molecular weight is 251 g/mol. The molecule has 0 saturated heterocycles. The first-order chi connectivity index (χ1) is 8.35. The van der Waals surface area contributed by atoms with E-state index in [1.165, 1.54) is 12.8 Å². The van der Waals surface area contributed by atoms with Gasteiger partial charge in [0.1, 0.15) is 10.6 Å². The number of hydrogen-bond donors (Lipinski definition) is 3. The topological polar surface area (TPSA) is 75.9 Å². The van der Waals surface area contributed by atoms with Gasteiger partial charge < -0.3 is 5.32 Å². The quantitative estimate of drug-likeness (QED) is 0.418.